The molecule has 2 fully saturated rings. The molecule has 1 unspecified atom stereocenters. The van der Waals surface area contributed by atoms with E-state index in [-0.39, 0.29) is 11.8 Å². The van der Waals surface area contributed by atoms with Gasteiger partial charge < -0.3 is 9.80 Å². The van der Waals surface area contributed by atoms with Gasteiger partial charge in [0, 0.05) is 58.6 Å². The molecule has 0 saturated carbocycles. The van der Waals surface area contributed by atoms with E-state index >= 15 is 0 Å². The van der Waals surface area contributed by atoms with Crippen molar-refractivity contribution in [3.63, 3.8) is 0 Å². The molecule has 134 valence electrons. The van der Waals surface area contributed by atoms with Crippen LogP contribution in [-0.2, 0) is 16.0 Å². The maximum Gasteiger partial charge on any atom is 0.244 e. The summed E-state index contributed by atoms with van der Waals surface area (Å²) in [4.78, 5) is 39.2. The zero-order valence-electron chi connectivity index (χ0n) is 14.7. The maximum absolute atomic E-state index is 12.9. The van der Waals surface area contributed by atoms with Gasteiger partial charge >= 0.3 is 0 Å². The van der Waals surface area contributed by atoms with Crippen LogP contribution in [0.4, 0.5) is 0 Å². The van der Waals surface area contributed by atoms with Crippen LogP contribution in [0.15, 0.2) is 31.4 Å². The number of hydrogen-bond donors (Lipinski definition) is 0. The Morgan fingerprint density at radius 2 is 2.08 bits per heavy atom. The van der Waals surface area contributed by atoms with E-state index in [1.165, 1.54) is 6.33 Å². The van der Waals surface area contributed by atoms with Crippen molar-refractivity contribution in [1.29, 1.82) is 0 Å². The Bertz CT molecular complexity index is 650. The largest absolute Gasteiger partial charge is 0.343 e. The average molecular weight is 343 g/mol. The van der Waals surface area contributed by atoms with E-state index in [1.807, 2.05) is 18.0 Å². The first kappa shape index (κ1) is 17.5. The van der Waals surface area contributed by atoms with E-state index in [1.54, 1.807) is 17.3 Å². The average Bonchev–Trinajstić information content (AvgIpc) is 3.08. The van der Waals surface area contributed by atoms with Gasteiger partial charge in [-0.2, -0.15) is 0 Å². The highest BCUT2D eigenvalue weighted by atomic mass is 16.2. The highest BCUT2D eigenvalue weighted by Gasteiger charge is 2.52. The molecule has 3 heterocycles. The topological polar surface area (TPSA) is 69.6 Å². The van der Waals surface area contributed by atoms with E-state index in [0.29, 0.717) is 38.9 Å². The van der Waals surface area contributed by atoms with Gasteiger partial charge in [-0.05, 0) is 18.4 Å². The van der Waals surface area contributed by atoms with Crippen molar-refractivity contribution >= 4 is 11.8 Å². The minimum atomic E-state index is -0.591. The molecule has 0 radical (unpaired) electrons. The summed E-state index contributed by atoms with van der Waals surface area (Å²) in [6.07, 6.45) is 8.50. The van der Waals surface area contributed by atoms with Crippen molar-refractivity contribution < 1.29 is 9.59 Å². The standard InChI is InChI=1S/C18H25N5O2/c1-3-7-23-10-9-21(2)17(25)18(23)6-8-22(13-18)16(24)5-4-15-11-19-14-20-12-15/h3,11-12,14H,1,4-10,13H2,2H3. The molecule has 0 N–H and O–H groups in total. The highest BCUT2D eigenvalue weighted by Crippen LogP contribution is 2.33. The molecule has 2 amide bonds. The third kappa shape index (κ3) is 3.42. The molecule has 2 saturated heterocycles. The van der Waals surface area contributed by atoms with Crippen molar-refractivity contribution in [2.75, 3.05) is 39.8 Å². The third-order valence-electron chi connectivity index (χ3n) is 5.25. The van der Waals surface area contributed by atoms with Crippen molar-refractivity contribution in [2.45, 2.75) is 24.8 Å². The van der Waals surface area contributed by atoms with E-state index in [9.17, 15) is 9.59 Å². The smallest absolute Gasteiger partial charge is 0.244 e. The number of carbonyl (C=O) groups excluding carboxylic acids is 2. The summed E-state index contributed by atoms with van der Waals surface area (Å²) in [6, 6.07) is 0. The summed E-state index contributed by atoms with van der Waals surface area (Å²) >= 11 is 0. The molecular formula is C18H25N5O2. The third-order valence-corrected chi connectivity index (χ3v) is 5.25. The summed E-state index contributed by atoms with van der Waals surface area (Å²) in [7, 11) is 1.84. The molecule has 0 bridgehead atoms. The van der Waals surface area contributed by atoms with Crippen LogP contribution in [0.2, 0.25) is 0 Å². The molecule has 2 aliphatic rings. The number of rotatable bonds is 5. The Labute approximate surface area is 148 Å². The number of aromatic nitrogens is 2. The Hall–Kier alpha value is -2.28. The Balaban J connectivity index is 1.66. The summed E-state index contributed by atoms with van der Waals surface area (Å²) in [5.41, 5.74) is 0.360. The number of likely N-dealkylation sites (tertiary alicyclic amines) is 1. The zero-order chi connectivity index (χ0) is 17.9. The van der Waals surface area contributed by atoms with E-state index in [2.05, 4.69) is 21.4 Å². The van der Waals surface area contributed by atoms with Gasteiger partial charge in [-0.25, -0.2) is 9.97 Å². The monoisotopic (exact) mass is 343 g/mol. The van der Waals surface area contributed by atoms with Gasteiger partial charge in [0.1, 0.15) is 11.9 Å². The molecule has 7 heteroatoms. The molecule has 7 nitrogen and oxygen atoms in total. The van der Waals surface area contributed by atoms with E-state index in [0.717, 1.165) is 18.7 Å². The van der Waals surface area contributed by atoms with Crippen molar-refractivity contribution in [2.24, 2.45) is 0 Å². The van der Waals surface area contributed by atoms with Crippen LogP contribution >= 0.6 is 0 Å². The number of aryl methyl sites for hydroxylation is 1. The number of hydrogen-bond acceptors (Lipinski definition) is 5. The SMILES string of the molecule is C=CCN1CCN(C)C(=O)C12CCN(C(=O)CCc1cncnc1)C2. The van der Waals surface area contributed by atoms with Gasteiger partial charge in [0.25, 0.3) is 0 Å². The number of carbonyl (C=O) groups is 2. The van der Waals surface area contributed by atoms with Gasteiger partial charge in [-0.1, -0.05) is 6.08 Å². The van der Waals surface area contributed by atoms with E-state index in [4.69, 9.17) is 0 Å². The minimum absolute atomic E-state index is 0.0836. The van der Waals surface area contributed by atoms with Gasteiger partial charge in [0.15, 0.2) is 0 Å². The first-order valence-electron chi connectivity index (χ1n) is 8.70. The molecule has 1 atom stereocenters. The van der Waals surface area contributed by atoms with Crippen molar-refractivity contribution in [1.82, 2.24) is 24.7 Å². The molecule has 3 rings (SSSR count). The first-order chi connectivity index (χ1) is 12.1. The molecule has 1 spiro atoms. The molecular weight excluding hydrogens is 318 g/mol. The minimum Gasteiger partial charge on any atom is -0.343 e. The second-order valence-corrected chi connectivity index (χ2v) is 6.81. The lowest BCUT2D eigenvalue weighted by Gasteiger charge is -2.46. The van der Waals surface area contributed by atoms with Gasteiger partial charge in [0.05, 0.1) is 0 Å². The quantitative estimate of drug-likeness (QED) is 0.721. The second kappa shape index (κ2) is 7.31. The number of amides is 2. The summed E-state index contributed by atoms with van der Waals surface area (Å²) in [5, 5.41) is 0. The lowest BCUT2D eigenvalue weighted by Crippen LogP contribution is -2.66. The summed E-state index contributed by atoms with van der Waals surface area (Å²) < 4.78 is 0. The predicted octanol–water partition coefficient (Wildman–Crippen LogP) is 0.340. The van der Waals surface area contributed by atoms with Crippen LogP contribution in [0.5, 0.6) is 0 Å². The van der Waals surface area contributed by atoms with Gasteiger partial charge in [-0.15, -0.1) is 6.58 Å². The number of likely N-dealkylation sites (N-methyl/N-ethyl adjacent to an activating group) is 1. The van der Waals surface area contributed by atoms with Crippen molar-refractivity contribution in [3.8, 4) is 0 Å². The number of nitrogens with zero attached hydrogens (tertiary/aromatic N) is 5. The fourth-order valence-electron chi connectivity index (χ4n) is 3.81. The predicted molar refractivity (Wildman–Crippen MR) is 93.7 cm³/mol. The Morgan fingerprint density at radius 3 is 2.80 bits per heavy atom. The van der Waals surface area contributed by atoms with Crippen LogP contribution in [0.1, 0.15) is 18.4 Å². The van der Waals surface area contributed by atoms with Gasteiger partial charge in [0.2, 0.25) is 11.8 Å². The van der Waals surface area contributed by atoms with Crippen LogP contribution in [0.25, 0.3) is 0 Å². The van der Waals surface area contributed by atoms with Crippen LogP contribution in [0, 0.1) is 0 Å². The lowest BCUT2D eigenvalue weighted by molar-refractivity contribution is -0.148. The second-order valence-electron chi connectivity index (χ2n) is 6.81. The summed E-state index contributed by atoms with van der Waals surface area (Å²) in [6.45, 7) is 7.11. The van der Waals surface area contributed by atoms with Crippen molar-refractivity contribution in [3.05, 3.63) is 36.9 Å². The molecule has 1 aromatic rings. The first-order valence-corrected chi connectivity index (χ1v) is 8.70. The van der Waals surface area contributed by atoms with Crippen LogP contribution in [0.3, 0.4) is 0 Å². The van der Waals surface area contributed by atoms with E-state index < -0.39 is 5.54 Å². The fourth-order valence-corrected chi connectivity index (χ4v) is 3.81. The lowest BCUT2D eigenvalue weighted by atomic mass is 9.91. The Kier molecular flexibility index (Phi) is 5.13. The molecule has 25 heavy (non-hydrogen) atoms. The highest BCUT2D eigenvalue weighted by molar-refractivity contribution is 5.89. The van der Waals surface area contributed by atoms with Crippen LogP contribution < -0.4 is 0 Å². The fraction of sp³-hybridized carbons (Fsp3) is 0.556. The molecule has 2 aliphatic heterocycles. The normalized spacial score (nSPS) is 24.1. The molecule has 0 aliphatic carbocycles. The number of piperazine rings is 1. The maximum atomic E-state index is 12.9. The molecule has 1 aromatic heterocycles. The van der Waals surface area contributed by atoms with Crippen LogP contribution in [-0.4, -0.2) is 81.8 Å². The molecule has 0 aromatic carbocycles. The zero-order valence-corrected chi connectivity index (χ0v) is 14.7. The summed E-state index contributed by atoms with van der Waals surface area (Å²) in [5.74, 6) is 0.202. The Morgan fingerprint density at radius 1 is 1.32 bits per heavy atom. The van der Waals surface area contributed by atoms with Gasteiger partial charge in [-0.3, -0.25) is 14.5 Å².